The third-order valence-electron chi connectivity index (χ3n) is 4.34. The van der Waals surface area contributed by atoms with Crippen molar-refractivity contribution < 1.29 is 14.1 Å². The smallest absolute Gasteiger partial charge is 0.251 e. The van der Waals surface area contributed by atoms with Gasteiger partial charge in [0.25, 0.3) is 5.91 Å². The lowest BCUT2D eigenvalue weighted by atomic mass is 9.96. The summed E-state index contributed by atoms with van der Waals surface area (Å²) in [7, 11) is 1.64. The molecule has 0 bridgehead atoms. The second-order valence-electron chi connectivity index (χ2n) is 6.62. The minimum absolute atomic E-state index is 0.168. The van der Waals surface area contributed by atoms with Gasteiger partial charge in [0.1, 0.15) is 5.75 Å². The molecule has 0 unspecified atom stereocenters. The number of carbonyl (C=O) groups is 1. The molecule has 3 rings (SSSR count). The van der Waals surface area contributed by atoms with Crippen LogP contribution in [0.15, 0.2) is 47.0 Å². The average molecular weight is 365 g/mol. The molecule has 1 heterocycles. The van der Waals surface area contributed by atoms with Crippen molar-refractivity contribution in [3.05, 3.63) is 65.0 Å². The first kappa shape index (κ1) is 18.6. The van der Waals surface area contributed by atoms with E-state index in [9.17, 15) is 4.79 Å². The zero-order valence-corrected chi connectivity index (χ0v) is 15.9. The number of nitrogens with zero attached hydrogens (tertiary/aromatic N) is 2. The van der Waals surface area contributed by atoms with Crippen molar-refractivity contribution in [1.82, 2.24) is 15.5 Å². The molecule has 6 heteroatoms. The van der Waals surface area contributed by atoms with E-state index in [2.05, 4.69) is 29.3 Å². The molecule has 2 aromatic carbocycles. The predicted molar refractivity (Wildman–Crippen MR) is 103 cm³/mol. The van der Waals surface area contributed by atoms with E-state index in [1.807, 2.05) is 49.4 Å². The molecule has 0 saturated heterocycles. The number of aromatic nitrogens is 2. The van der Waals surface area contributed by atoms with Gasteiger partial charge in [0.05, 0.1) is 13.7 Å². The van der Waals surface area contributed by atoms with Crippen molar-refractivity contribution in [3.63, 3.8) is 0 Å². The third-order valence-corrected chi connectivity index (χ3v) is 4.34. The summed E-state index contributed by atoms with van der Waals surface area (Å²) >= 11 is 0. The van der Waals surface area contributed by atoms with Crippen LogP contribution in [-0.4, -0.2) is 23.2 Å². The van der Waals surface area contributed by atoms with Crippen LogP contribution >= 0.6 is 0 Å². The number of aryl methyl sites for hydroxylation is 1. The molecule has 0 spiro atoms. The van der Waals surface area contributed by atoms with E-state index in [1.165, 1.54) is 0 Å². The fourth-order valence-corrected chi connectivity index (χ4v) is 2.85. The third kappa shape index (κ3) is 4.16. The van der Waals surface area contributed by atoms with Gasteiger partial charge in [-0.2, -0.15) is 4.98 Å². The van der Waals surface area contributed by atoms with E-state index in [0.29, 0.717) is 17.3 Å². The Kier molecular flexibility index (Phi) is 5.54. The summed E-state index contributed by atoms with van der Waals surface area (Å²) in [6.07, 6.45) is 0. The van der Waals surface area contributed by atoms with E-state index >= 15 is 0 Å². The molecule has 0 atom stereocenters. The van der Waals surface area contributed by atoms with Gasteiger partial charge in [-0.05, 0) is 36.1 Å². The molecule has 0 aliphatic heterocycles. The van der Waals surface area contributed by atoms with Crippen LogP contribution in [0.3, 0.4) is 0 Å². The summed E-state index contributed by atoms with van der Waals surface area (Å²) < 4.78 is 10.7. The van der Waals surface area contributed by atoms with Crippen molar-refractivity contribution in [2.75, 3.05) is 7.11 Å². The normalized spacial score (nSPS) is 10.9. The van der Waals surface area contributed by atoms with Gasteiger partial charge in [0.2, 0.25) is 11.7 Å². The van der Waals surface area contributed by atoms with E-state index in [1.54, 1.807) is 7.11 Å². The Bertz CT molecular complexity index is 933. The molecule has 6 nitrogen and oxygen atoms in total. The summed E-state index contributed by atoms with van der Waals surface area (Å²) in [5.41, 5.74) is 3.33. The van der Waals surface area contributed by atoms with Crippen molar-refractivity contribution in [2.24, 2.45) is 0 Å². The van der Waals surface area contributed by atoms with Crippen LogP contribution in [0.2, 0.25) is 0 Å². The minimum atomic E-state index is -0.184. The number of rotatable bonds is 6. The van der Waals surface area contributed by atoms with Gasteiger partial charge in [-0.15, -0.1) is 0 Å². The van der Waals surface area contributed by atoms with Crippen LogP contribution in [0.4, 0.5) is 0 Å². The Hall–Kier alpha value is -3.15. The summed E-state index contributed by atoms with van der Waals surface area (Å²) in [5.74, 6) is 1.72. The van der Waals surface area contributed by atoms with Crippen LogP contribution in [-0.2, 0) is 6.54 Å². The van der Waals surface area contributed by atoms with Crippen molar-refractivity contribution in [3.8, 4) is 17.1 Å². The molecular formula is C21H23N3O3. The highest BCUT2D eigenvalue weighted by atomic mass is 16.5. The number of benzene rings is 2. The Balaban J connectivity index is 1.73. The molecule has 0 fully saturated rings. The highest BCUT2D eigenvalue weighted by molar-refractivity contribution is 5.96. The molecule has 3 aromatic rings. The monoisotopic (exact) mass is 365 g/mol. The highest BCUT2D eigenvalue weighted by Crippen LogP contribution is 2.29. The van der Waals surface area contributed by atoms with Gasteiger partial charge in [0, 0.05) is 11.1 Å². The molecular weight excluding hydrogens is 342 g/mol. The van der Waals surface area contributed by atoms with Crippen molar-refractivity contribution in [1.29, 1.82) is 0 Å². The van der Waals surface area contributed by atoms with Crippen molar-refractivity contribution >= 4 is 5.91 Å². The summed E-state index contributed by atoms with van der Waals surface area (Å²) in [6, 6.07) is 13.3. The summed E-state index contributed by atoms with van der Waals surface area (Å²) in [6.45, 7) is 6.19. The van der Waals surface area contributed by atoms with E-state index < -0.39 is 0 Å². The molecule has 1 aromatic heterocycles. The molecule has 0 aliphatic carbocycles. The van der Waals surface area contributed by atoms with E-state index in [0.717, 1.165) is 22.4 Å². The number of ether oxygens (including phenoxy) is 1. The van der Waals surface area contributed by atoms with Gasteiger partial charge in [0.15, 0.2) is 0 Å². The zero-order valence-electron chi connectivity index (χ0n) is 15.9. The lowest BCUT2D eigenvalue weighted by Gasteiger charge is -2.15. The molecule has 140 valence electrons. The highest BCUT2D eigenvalue weighted by Gasteiger charge is 2.17. The molecule has 1 amide bonds. The van der Waals surface area contributed by atoms with E-state index in [4.69, 9.17) is 9.26 Å². The number of hydrogen-bond donors (Lipinski definition) is 1. The van der Waals surface area contributed by atoms with Crippen LogP contribution in [0, 0.1) is 6.92 Å². The number of methoxy groups -OCH3 is 1. The lowest BCUT2D eigenvalue weighted by Crippen LogP contribution is -2.24. The van der Waals surface area contributed by atoms with Gasteiger partial charge in [-0.3, -0.25) is 4.79 Å². The molecule has 0 radical (unpaired) electrons. The van der Waals surface area contributed by atoms with Gasteiger partial charge in [-0.25, -0.2) is 0 Å². The van der Waals surface area contributed by atoms with Crippen LogP contribution in [0.25, 0.3) is 11.4 Å². The maximum absolute atomic E-state index is 12.6. The van der Waals surface area contributed by atoms with E-state index in [-0.39, 0.29) is 18.4 Å². The number of hydrogen-bond acceptors (Lipinski definition) is 5. The Morgan fingerprint density at radius 2 is 1.96 bits per heavy atom. The van der Waals surface area contributed by atoms with Crippen LogP contribution in [0.1, 0.15) is 47.1 Å². The standard InChI is InChI=1S/C21H23N3O3/c1-13(2)16-11-17(14(3)10-18(16)26-4)21(25)22-12-19-23-20(24-27-19)15-8-6-5-7-9-15/h5-11,13H,12H2,1-4H3,(H,22,25). The fraction of sp³-hybridized carbons (Fsp3) is 0.286. The predicted octanol–water partition coefficient (Wildman–Crippen LogP) is 4.11. The van der Waals surface area contributed by atoms with Crippen molar-refractivity contribution in [2.45, 2.75) is 33.2 Å². The first-order valence-electron chi connectivity index (χ1n) is 8.84. The SMILES string of the molecule is COc1cc(C)c(C(=O)NCc2nc(-c3ccccc3)no2)cc1C(C)C. The Morgan fingerprint density at radius 1 is 1.22 bits per heavy atom. The number of carbonyl (C=O) groups excluding carboxylic acids is 1. The second-order valence-corrected chi connectivity index (χ2v) is 6.62. The minimum Gasteiger partial charge on any atom is -0.496 e. The largest absolute Gasteiger partial charge is 0.496 e. The Labute approximate surface area is 158 Å². The quantitative estimate of drug-likeness (QED) is 0.711. The first-order chi connectivity index (χ1) is 13.0. The van der Waals surface area contributed by atoms with Gasteiger partial charge >= 0.3 is 0 Å². The molecule has 0 aliphatic rings. The van der Waals surface area contributed by atoms with Crippen LogP contribution in [0.5, 0.6) is 5.75 Å². The molecule has 27 heavy (non-hydrogen) atoms. The Morgan fingerprint density at radius 3 is 2.63 bits per heavy atom. The first-order valence-corrected chi connectivity index (χ1v) is 8.84. The maximum Gasteiger partial charge on any atom is 0.251 e. The zero-order chi connectivity index (χ0) is 19.4. The maximum atomic E-state index is 12.6. The van der Waals surface area contributed by atoms with Crippen LogP contribution < -0.4 is 10.1 Å². The second kappa shape index (κ2) is 8.03. The summed E-state index contributed by atoms with van der Waals surface area (Å²) in [5, 5.41) is 6.81. The number of amides is 1. The lowest BCUT2D eigenvalue weighted by molar-refractivity contribution is 0.0945. The number of nitrogens with one attached hydrogen (secondary N) is 1. The summed E-state index contributed by atoms with van der Waals surface area (Å²) in [4.78, 5) is 17.0. The molecule has 1 N–H and O–H groups in total. The fourth-order valence-electron chi connectivity index (χ4n) is 2.85. The molecule has 0 saturated carbocycles. The topological polar surface area (TPSA) is 77.2 Å². The average Bonchev–Trinajstić information content (AvgIpc) is 3.15. The van der Waals surface area contributed by atoms with Gasteiger partial charge in [-0.1, -0.05) is 49.3 Å². The van der Waals surface area contributed by atoms with Gasteiger partial charge < -0.3 is 14.6 Å².